The number of aromatic nitrogens is 2. The van der Waals surface area contributed by atoms with Gasteiger partial charge in [-0.15, -0.1) is 0 Å². The fourth-order valence-electron chi connectivity index (χ4n) is 4.60. The first-order valence-electron chi connectivity index (χ1n) is 12.6. The standard InChI is InChI=1S/C28H34F3N3O4/c1-15(18-9-7-10-20(25(18)29)28(30,31)27(4,5)35)32-26-19-13-24(38-16(2)22-11-8-12-37-22)23(36-6)14-21(19)33-17(3)34-26/h7,9-10,13-16,22,35H,8,11-12H2,1-6H3,(H,32,33,34)/t15-,16?,22+/m1/s1. The molecule has 7 nitrogen and oxygen atoms in total. The Hall–Kier alpha value is -3.11. The van der Waals surface area contributed by atoms with Crippen LogP contribution in [0.1, 0.15) is 63.5 Å². The second-order valence-electron chi connectivity index (χ2n) is 10.2. The maximum Gasteiger partial charge on any atom is 0.303 e. The van der Waals surface area contributed by atoms with Gasteiger partial charge in [0.2, 0.25) is 0 Å². The number of hydrogen-bond acceptors (Lipinski definition) is 7. The van der Waals surface area contributed by atoms with Crippen LogP contribution in [-0.4, -0.2) is 46.6 Å². The minimum Gasteiger partial charge on any atom is -0.493 e. The van der Waals surface area contributed by atoms with Gasteiger partial charge in [0.1, 0.15) is 29.2 Å². The molecule has 10 heteroatoms. The predicted octanol–water partition coefficient (Wildman–Crippen LogP) is 6.07. The quantitative estimate of drug-likeness (QED) is 0.345. The lowest BCUT2D eigenvalue weighted by Crippen LogP contribution is -2.41. The van der Waals surface area contributed by atoms with Gasteiger partial charge in [0.05, 0.1) is 30.3 Å². The Morgan fingerprint density at radius 1 is 1.16 bits per heavy atom. The molecule has 1 unspecified atom stereocenters. The van der Waals surface area contributed by atoms with Crippen molar-refractivity contribution in [1.29, 1.82) is 0 Å². The molecule has 3 atom stereocenters. The van der Waals surface area contributed by atoms with Gasteiger partial charge in [-0.25, -0.2) is 14.4 Å². The average molecular weight is 534 g/mol. The number of nitrogens with zero attached hydrogens (tertiary/aromatic N) is 2. The zero-order valence-corrected chi connectivity index (χ0v) is 22.4. The third-order valence-electron chi connectivity index (χ3n) is 6.85. The van der Waals surface area contributed by atoms with E-state index in [-0.39, 0.29) is 17.8 Å². The van der Waals surface area contributed by atoms with Gasteiger partial charge in [-0.1, -0.05) is 12.1 Å². The highest BCUT2D eigenvalue weighted by Gasteiger charge is 2.49. The molecule has 2 heterocycles. The Labute approximate surface area is 220 Å². The van der Waals surface area contributed by atoms with Crippen LogP contribution in [-0.2, 0) is 10.7 Å². The summed E-state index contributed by atoms with van der Waals surface area (Å²) in [7, 11) is 1.54. The summed E-state index contributed by atoms with van der Waals surface area (Å²) in [4.78, 5) is 9.01. The topological polar surface area (TPSA) is 85.7 Å². The summed E-state index contributed by atoms with van der Waals surface area (Å²) in [5, 5.41) is 13.7. The lowest BCUT2D eigenvalue weighted by atomic mass is 9.91. The monoisotopic (exact) mass is 533 g/mol. The van der Waals surface area contributed by atoms with Gasteiger partial charge in [0.25, 0.3) is 0 Å². The van der Waals surface area contributed by atoms with Crippen LogP contribution in [0.3, 0.4) is 0 Å². The first kappa shape index (κ1) is 27.9. The smallest absolute Gasteiger partial charge is 0.303 e. The van der Waals surface area contributed by atoms with Crippen LogP contribution in [0.2, 0.25) is 0 Å². The Morgan fingerprint density at radius 3 is 2.53 bits per heavy atom. The zero-order chi connectivity index (χ0) is 27.8. The van der Waals surface area contributed by atoms with Crippen LogP contribution >= 0.6 is 0 Å². The molecular formula is C28H34F3N3O4. The molecule has 0 aliphatic carbocycles. The number of anilines is 1. The average Bonchev–Trinajstić information content (AvgIpc) is 3.38. The van der Waals surface area contributed by atoms with Crippen molar-refractivity contribution in [2.75, 3.05) is 19.0 Å². The van der Waals surface area contributed by atoms with E-state index in [1.807, 2.05) is 6.92 Å². The third kappa shape index (κ3) is 5.37. The lowest BCUT2D eigenvalue weighted by Gasteiger charge is -2.30. The first-order chi connectivity index (χ1) is 17.8. The van der Waals surface area contributed by atoms with Crippen molar-refractivity contribution in [3.63, 3.8) is 0 Å². The van der Waals surface area contributed by atoms with Gasteiger partial charge < -0.3 is 24.6 Å². The van der Waals surface area contributed by atoms with E-state index in [9.17, 15) is 13.9 Å². The van der Waals surface area contributed by atoms with E-state index in [1.54, 1.807) is 33.1 Å². The van der Waals surface area contributed by atoms with Gasteiger partial charge >= 0.3 is 5.92 Å². The Morgan fingerprint density at radius 2 is 1.89 bits per heavy atom. The number of rotatable bonds is 9. The summed E-state index contributed by atoms with van der Waals surface area (Å²) in [6.45, 7) is 7.90. The SMILES string of the molecule is COc1cc2nc(C)nc(N[C@H](C)c3cccc(C(F)(F)C(C)(C)O)c3F)c2cc1OC(C)[C@@H]1CCCO1. The number of halogens is 3. The molecule has 0 radical (unpaired) electrons. The van der Waals surface area contributed by atoms with Gasteiger partial charge in [0.15, 0.2) is 11.5 Å². The van der Waals surface area contributed by atoms with E-state index in [2.05, 4.69) is 15.3 Å². The molecule has 1 aliphatic heterocycles. The van der Waals surface area contributed by atoms with E-state index in [0.717, 1.165) is 32.8 Å². The number of alkyl halides is 2. The summed E-state index contributed by atoms with van der Waals surface area (Å²) in [6, 6.07) is 6.50. The van der Waals surface area contributed by atoms with Crippen molar-refractivity contribution < 1.29 is 32.5 Å². The van der Waals surface area contributed by atoms with Crippen molar-refractivity contribution in [3.8, 4) is 11.5 Å². The van der Waals surface area contributed by atoms with Crippen LogP contribution < -0.4 is 14.8 Å². The molecule has 0 bridgehead atoms. The molecule has 1 aromatic heterocycles. The molecular weight excluding hydrogens is 499 g/mol. The molecule has 206 valence electrons. The largest absolute Gasteiger partial charge is 0.493 e. The molecule has 38 heavy (non-hydrogen) atoms. The van der Waals surface area contributed by atoms with E-state index >= 15 is 4.39 Å². The maximum atomic E-state index is 15.4. The molecule has 0 saturated carbocycles. The lowest BCUT2D eigenvalue weighted by molar-refractivity contribution is -0.170. The second-order valence-corrected chi connectivity index (χ2v) is 10.2. The highest BCUT2D eigenvalue weighted by Crippen LogP contribution is 2.42. The number of fused-ring (bicyclic) bond motifs is 1. The molecule has 0 amide bonds. The Balaban J connectivity index is 1.71. The predicted molar refractivity (Wildman–Crippen MR) is 139 cm³/mol. The van der Waals surface area contributed by atoms with Crippen LogP contribution in [0.25, 0.3) is 10.9 Å². The van der Waals surface area contributed by atoms with E-state index in [0.29, 0.717) is 40.7 Å². The minimum absolute atomic E-state index is 0.00725. The summed E-state index contributed by atoms with van der Waals surface area (Å²) in [5.41, 5.74) is -2.74. The van der Waals surface area contributed by atoms with Crippen LogP contribution in [0.5, 0.6) is 11.5 Å². The summed E-state index contributed by atoms with van der Waals surface area (Å²) in [5.74, 6) is -3.08. The fourth-order valence-corrected chi connectivity index (χ4v) is 4.60. The van der Waals surface area contributed by atoms with Crippen LogP contribution in [0.4, 0.5) is 19.0 Å². The minimum atomic E-state index is -3.80. The summed E-state index contributed by atoms with van der Waals surface area (Å²) >= 11 is 0. The molecule has 0 spiro atoms. The van der Waals surface area contributed by atoms with Crippen molar-refractivity contribution in [2.24, 2.45) is 0 Å². The van der Waals surface area contributed by atoms with Crippen molar-refractivity contribution in [3.05, 3.63) is 53.1 Å². The molecule has 1 saturated heterocycles. The third-order valence-corrected chi connectivity index (χ3v) is 6.85. The van der Waals surface area contributed by atoms with Crippen molar-refractivity contribution in [2.45, 2.75) is 77.2 Å². The highest BCUT2D eigenvalue weighted by atomic mass is 19.3. The number of aliphatic hydroxyl groups is 1. The molecule has 3 aromatic rings. The highest BCUT2D eigenvalue weighted by molar-refractivity contribution is 5.92. The Bertz CT molecular complexity index is 1310. The summed E-state index contributed by atoms with van der Waals surface area (Å²) < 4.78 is 62.5. The number of nitrogens with one attached hydrogen (secondary N) is 1. The Kier molecular flexibility index (Phi) is 7.76. The molecule has 4 rings (SSSR count). The van der Waals surface area contributed by atoms with Crippen molar-refractivity contribution >= 4 is 16.7 Å². The number of methoxy groups -OCH3 is 1. The molecule has 2 aromatic carbocycles. The fraction of sp³-hybridized carbons (Fsp3) is 0.500. The number of ether oxygens (including phenoxy) is 3. The van der Waals surface area contributed by atoms with Crippen LogP contribution in [0.15, 0.2) is 30.3 Å². The van der Waals surface area contributed by atoms with E-state index < -0.39 is 28.9 Å². The molecule has 2 N–H and O–H groups in total. The molecule has 1 aliphatic rings. The number of benzene rings is 2. The van der Waals surface area contributed by atoms with Gasteiger partial charge in [0, 0.05) is 23.6 Å². The first-order valence-corrected chi connectivity index (χ1v) is 12.6. The van der Waals surface area contributed by atoms with E-state index in [4.69, 9.17) is 14.2 Å². The van der Waals surface area contributed by atoms with Gasteiger partial charge in [-0.05, 0) is 59.6 Å². The zero-order valence-electron chi connectivity index (χ0n) is 22.4. The molecule has 1 fully saturated rings. The second kappa shape index (κ2) is 10.6. The van der Waals surface area contributed by atoms with Crippen molar-refractivity contribution in [1.82, 2.24) is 9.97 Å². The van der Waals surface area contributed by atoms with Gasteiger partial charge in [-0.3, -0.25) is 0 Å². The maximum absolute atomic E-state index is 15.4. The number of aryl methyl sites for hydroxylation is 1. The normalized spacial score (nSPS) is 17.9. The summed E-state index contributed by atoms with van der Waals surface area (Å²) in [6.07, 6.45) is 1.63. The van der Waals surface area contributed by atoms with E-state index in [1.165, 1.54) is 12.1 Å². The van der Waals surface area contributed by atoms with Gasteiger partial charge in [-0.2, -0.15) is 8.78 Å². The number of hydrogen-bond donors (Lipinski definition) is 2. The van der Waals surface area contributed by atoms with Crippen LogP contribution in [0, 0.1) is 12.7 Å².